The normalized spacial score (nSPS) is 12.8. The lowest BCUT2D eigenvalue weighted by Gasteiger charge is -2.20. The molecule has 0 radical (unpaired) electrons. The van der Waals surface area contributed by atoms with E-state index in [9.17, 15) is 38.4 Å². The van der Waals surface area contributed by atoms with Crippen molar-refractivity contribution in [2.24, 2.45) is 0 Å². The predicted molar refractivity (Wildman–Crippen MR) is 143 cm³/mol. The summed E-state index contributed by atoms with van der Waals surface area (Å²) in [5, 5.41) is 2.04. The van der Waals surface area contributed by atoms with Crippen molar-refractivity contribution in [3.8, 4) is 0 Å². The maximum absolute atomic E-state index is 9.96. The molecule has 0 saturated carbocycles. The molecule has 0 fully saturated rings. The standard InChI is InChI=1S/C12H22O4Si2.C10H18O4Si2/c1-3-9-17(13,14)11-5-7-12(8-6-11)18(15,16)10-4-2;1-3-15(11,12)9-5-7-10(8-6-9)16(13,14)4-2/h5-8,13-16H,3-4,9-10H2,1-2H3;5-8,11-14H,3-4H2,1-2H3. The Morgan fingerprint density at radius 3 is 0.794 bits per heavy atom. The molecular weight excluding hydrogens is 505 g/mol. The summed E-state index contributed by atoms with van der Waals surface area (Å²) >= 11 is 0. The molecule has 0 bridgehead atoms. The van der Waals surface area contributed by atoms with Crippen molar-refractivity contribution in [3.63, 3.8) is 0 Å². The van der Waals surface area contributed by atoms with Gasteiger partial charge in [-0.05, 0) is 44.9 Å². The van der Waals surface area contributed by atoms with Crippen LogP contribution in [0.1, 0.15) is 40.5 Å². The van der Waals surface area contributed by atoms with Crippen LogP contribution in [0.5, 0.6) is 0 Å². The lowest BCUT2D eigenvalue weighted by molar-refractivity contribution is 0.376. The molecule has 2 aromatic carbocycles. The minimum atomic E-state index is -3.33. The van der Waals surface area contributed by atoms with Crippen molar-refractivity contribution >= 4 is 55.0 Å². The Morgan fingerprint density at radius 2 is 0.618 bits per heavy atom. The Balaban J connectivity index is 0.000000342. The van der Waals surface area contributed by atoms with Gasteiger partial charge in [0.1, 0.15) is 0 Å². The van der Waals surface area contributed by atoms with E-state index in [-0.39, 0.29) is 0 Å². The van der Waals surface area contributed by atoms with Gasteiger partial charge in [0.2, 0.25) is 0 Å². The fraction of sp³-hybridized carbons (Fsp3) is 0.455. The molecule has 12 heteroatoms. The van der Waals surface area contributed by atoms with Gasteiger partial charge in [-0.15, -0.1) is 0 Å². The Morgan fingerprint density at radius 1 is 0.412 bits per heavy atom. The minimum Gasteiger partial charge on any atom is -0.407 e. The minimum absolute atomic E-state index is 0.320. The van der Waals surface area contributed by atoms with E-state index in [1.807, 2.05) is 13.8 Å². The molecule has 0 heterocycles. The van der Waals surface area contributed by atoms with Crippen molar-refractivity contribution in [2.75, 3.05) is 0 Å². The molecule has 0 aliphatic carbocycles. The Kier molecular flexibility index (Phi) is 11.7. The van der Waals surface area contributed by atoms with E-state index in [0.29, 0.717) is 44.9 Å². The molecule has 34 heavy (non-hydrogen) atoms. The summed E-state index contributed by atoms with van der Waals surface area (Å²) in [6.07, 6.45) is 1.44. The quantitative estimate of drug-likeness (QED) is 0.172. The van der Waals surface area contributed by atoms with Crippen LogP contribution in [0.25, 0.3) is 0 Å². The lowest BCUT2D eigenvalue weighted by atomic mass is 10.4. The molecule has 0 aliphatic rings. The van der Waals surface area contributed by atoms with Crippen LogP contribution in [0.15, 0.2) is 48.5 Å². The lowest BCUT2D eigenvalue weighted by Crippen LogP contribution is -2.51. The third kappa shape index (κ3) is 8.58. The first kappa shape index (κ1) is 31.0. The van der Waals surface area contributed by atoms with Gasteiger partial charge in [-0.3, -0.25) is 0 Å². The second kappa shape index (κ2) is 12.8. The van der Waals surface area contributed by atoms with Gasteiger partial charge in [0.05, 0.1) is 0 Å². The third-order valence-electron chi connectivity index (χ3n) is 5.80. The van der Waals surface area contributed by atoms with Gasteiger partial charge < -0.3 is 38.4 Å². The largest absolute Gasteiger partial charge is 0.407 e. The molecule has 0 unspecified atom stereocenters. The van der Waals surface area contributed by atoms with E-state index < -0.39 is 34.2 Å². The molecule has 0 amide bonds. The van der Waals surface area contributed by atoms with Crippen molar-refractivity contribution < 1.29 is 38.4 Å². The Hall–Kier alpha value is -1.01. The molecule has 0 saturated heterocycles. The van der Waals surface area contributed by atoms with Gasteiger partial charge in [0, 0.05) is 0 Å². The number of benzene rings is 2. The topological polar surface area (TPSA) is 162 Å². The molecule has 0 spiro atoms. The predicted octanol–water partition coefficient (Wildman–Crippen LogP) is -1.23. The highest BCUT2D eigenvalue weighted by molar-refractivity contribution is 6.81. The van der Waals surface area contributed by atoms with Gasteiger partial charge >= 0.3 is 34.2 Å². The van der Waals surface area contributed by atoms with Crippen molar-refractivity contribution in [2.45, 2.75) is 64.7 Å². The molecule has 2 aromatic rings. The average Bonchev–Trinajstić information content (AvgIpc) is 2.79. The van der Waals surface area contributed by atoms with Crippen LogP contribution >= 0.6 is 0 Å². The highest BCUT2D eigenvalue weighted by atomic mass is 28.4. The second-order valence-electron chi connectivity index (χ2n) is 8.63. The molecule has 0 aliphatic heterocycles. The van der Waals surface area contributed by atoms with E-state index >= 15 is 0 Å². The number of hydrogen-bond acceptors (Lipinski definition) is 8. The second-order valence-corrected chi connectivity index (χ2v) is 19.9. The average molecular weight is 545 g/mol. The van der Waals surface area contributed by atoms with Crippen LogP contribution in [0.2, 0.25) is 24.2 Å². The van der Waals surface area contributed by atoms with Crippen molar-refractivity contribution in [1.82, 2.24) is 0 Å². The van der Waals surface area contributed by atoms with E-state index in [1.165, 1.54) is 0 Å². The van der Waals surface area contributed by atoms with Crippen LogP contribution < -0.4 is 20.7 Å². The number of hydrogen-bond donors (Lipinski definition) is 8. The van der Waals surface area contributed by atoms with Gasteiger partial charge in [-0.1, -0.05) is 89.1 Å². The SMILES string of the molecule is CCC[Si](O)(O)c1ccc([Si](O)(O)CCC)cc1.CC[Si](O)(O)c1ccc([Si](O)(O)CC)cc1. The summed E-state index contributed by atoms with van der Waals surface area (Å²) in [6.45, 7) is 7.26. The third-order valence-corrected chi connectivity index (χ3v) is 15.2. The van der Waals surface area contributed by atoms with E-state index in [4.69, 9.17) is 0 Å². The molecule has 8 N–H and O–H groups in total. The van der Waals surface area contributed by atoms with Gasteiger partial charge in [-0.2, -0.15) is 0 Å². The summed E-state index contributed by atoms with van der Waals surface area (Å²) in [5.41, 5.74) is 0. The maximum atomic E-state index is 9.96. The molecule has 8 nitrogen and oxygen atoms in total. The Labute approximate surface area is 206 Å². The Bertz CT molecular complexity index is 799. The molecule has 192 valence electrons. The maximum Gasteiger partial charge on any atom is 0.367 e. The molecular formula is C22H40O8Si4. The van der Waals surface area contributed by atoms with Crippen molar-refractivity contribution in [3.05, 3.63) is 48.5 Å². The zero-order chi connectivity index (χ0) is 26.2. The summed E-state index contributed by atoms with van der Waals surface area (Å²) in [4.78, 5) is 78.8. The zero-order valence-corrected chi connectivity index (χ0v) is 24.4. The van der Waals surface area contributed by atoms with E-state index in [0.717, 1.165) is 12.8 Å². The van der Waals surface area contributed by atoms with Gasteiger partial charge in [-0.25, -0.2) is 0 Å². The summed E-state index contributed by atoms with van der Waals surface area (Å²) < 4.78 is 0. The van der Waals surface area contributed by atoms with Crippen LogP contribution in [-0.2, 0) is 0 Å². The van der Waals surface area contributed by atoms with Gasteiger partial charge in [0.15, 0.2) is 0 Å². The zero-order valence-electron chi connectivity index (χ0n) is 20.4. The summed E-state index contributed by atoms with van der Waals surface area (Å²) in [5.74, 6) is 0. The fourth-order valence-electron chi connectivity index (χ4n) is 3.40. The molecule has 2 rings (SSSR count). The highest BCUT2D eigenvalue weighted by Gasteiger charge is 2.34. The first-order valence-corrected chi connectivity index (χ1v) is 20.1. The van der Waals surface area contributed by atoms with Crippen molar-refractivity contribution in [1.29, 1.82) is 0 Å². The summed E-state index contributed by atoms with van der Waals surface area (Å²) in [7, 11) is -13.2. The number of rotatable bonds is 10. The smallest absolute Gasteiger partial charge is 0.367 e. The first-order chi connectivity index (χ1) is 15.7. The van der Waals surface area contributed by atoms with Crippen LogP contribution in [0, 0.1) is 0 Å². The fourth-order valence-corrected chi connectivity index (χ4v) is 8.99. The summed E-state index contributed by atoms with van der Waals surface area (Å²) in [6, 6.07) is 14.2. The first-order valence-electron chi connectivity index (χ1n) is 11.7. The van der Waals surface area contributed by atoms with Crippen LogP contribution in [0.3, 0.4) is 0 Å². The monoisotopic (exact) mass is 544 g/mol. The highest BCUT2D eigenvalue weighted by Crippen LogP contribution is 2.08. The van der Waals surface area contributed by atoms with Crippen LogP contribution in [-0.4, -0.2) is 72.6 Å². The molecule has 0 atom stereocenters. The van der Waals surface area contributed by atoms with E-state index in [2.05, 4.69) is 0 Å². The van der Waals surface area contributed by atoms with Gasteiger partial charge in [0.25, 0.3) is 0 Å². The van der Waals surface area contributed by atoms with E-state index in [1.54, 1.807) is 62.4 Å². The van der Waals surface area contributed by atoms with Crippen LogP contribution in [0.4, 0.5) is 0 Å². The molecule has 0 aromatic heterocycles.